The van der Waals surface area contributed by atoms with Crippen molar-refractivity contribution in [3.05, 3.63) is 56.7 Å². The Balaban J connectivity index is 1.77. The molecule has 124 valence electrons. The summed E-state index contributed by atoms with van der Waals surface area (Å²) < 4.78 is 1.73. The lowest BCUT2D eigenvalue weighted by atomic mass is 9.97. The summed E-state index contributed by atoms with van der Waals surface area (Å²) >= 11 is 3.38. The first-order valence-corrected chi connectivity index (χ1v) is 10.1. The maximum Gasteiger partial charge on any atom is 0.262 e. The summed E-state index contributed by atoms with van der Waals surface area (Å²) in [4.78, 5) is 20.1. The molecule has 0 amide bonds. The maximum absolute atomic E-state index is 12.9. The van der Waals surface area contributed by atoms with E-state index in [-0.39, 0.29) is 10.8 Å². The summed E-state index contributed by atoms with van der Waals surface area (Å²) in [7, 11) is 1.85. The molecule has 24 heavy (non-hydrogen) atoms. The number of aryl methyl sites for hydroxylation is 2. The molecule has 0 fully saturated rings. The molecule has 0 aliphatic heterocycles. The number of hydrogen-bond acceptors (Lipinski definition) is 4. The fourth-order valence-electron chi connectivity index (χ4n) is 3.32. The molecule has 1 unspecified atom stereocenters. The van der Waals surface area contributed by atoms with Gasteiger partial charge >= 0.3 is 0 Å². The normalized spacial score (nSPS) is 15.4. The van der Waals surface area contributed by atoms with Crippen molar-refractivity contribution < 1.29 is 0 Å². The highest BCUT2D eigenvalue weighted by Crippen LogP contribution is 2.37. The minimum Gasteiger partial charge on any atom is -0.290 e. The summed E-state index contributed by atoms with van der Waals surface area (Å²) in [6, 6.07) is 10.4. The predicted octanol–water partition coefficient (Wildman–Crippen LogP) is 4.73. The Kier molecular flexibility index (Phi) is 4.22. The summed E-state index contributed by atoms with van der Waals surface area (Å²) in [6.45, 7) is 2.16. The zero-order valence-corrected chi connectivity index (χ0v) is 15.5. The van der Waals surface area contributed by atoms with Gasteiger partial charge < -0.3 is 0 Å². The van der Waals surface area contributed by atoms with E-state index in [0.29, 0.717) is 0 Å². The average Bonchev–Trinajstić information content (AvgIpc) is 2.98. The van der Waals surface area contributed by atoms with Crippen LogP contribution in [-0.4, -0.2) is 9.55 Å². The first-order chi connectivity index (χ1) is 11.6. The number of aromatic nitrogens is 2. The molecule has 0 radical (unpaired) electrons. The highest BCUT2D eigenvalue weighted by atomic mass is 32.2. The summed E-state index contributed by atoms with van der Waals surface area (Å²) in [5.41, 5.74) is 2.63. The SMILES string of the molecule is CC(Sc1nc2sc3c(c2c(=O)n1C)CCCC3)c1ccccc1. The Bertz CT molecular complexity index is 943. The van der Waals surface area contributed by atoms with Gasteiger partial charge in [-0.3, -0.25) is 9.36 Å². The molecule has 0 N–H and O–H groups in total. The van der Waals surface area contributed by atoms with E-state index < -0.39 is 0 Å². The molecule has 0 spiro atoms. The molecule has 2 aromatic heterocycles. The number of benzene rings is 1. The number of thioether (sulfide) groups is 1. The van der Waals surface area contributed by atoms with Gasteiger partial charge in [0.2, 0.25) is 0 Å². The maximum atomic E-state index is 12.9. The third-order valence-electron chi connectivity index (χ3n) is 4.71. The molecule has 1 aromatic carbocycles. The van der Waals surface area contributed by atoms with E-state index in [1.165, 1.54) is 28.8 Å². The topological polar surface area (TPSA) is 34.9 Å². The van der Waals surface area contributed by atoms with Gasteiger partial charge in [0, 0.05) is 17.2 Å². The van der Waals surface area contributed by atoms with Crippen molar-refractivity contribution in [2.75, 3.05) is 0 Å². The van der Waals surface area contributed by atoms with Crippen molar-refractivity contribution >= 4 is 33.3 Å². The van der Waals surface area contributed by atoms with Crippen LogP contribution in [0.1, 0.15) is 41.0 Å². The molecule has 1 atom stereocenters. The highest BCUT2D eigenvalue weighted by Gasteiger charge is 2.22. The monoisotopic (exact) mass is 356 g/mol. The van der Waals surface area contributed by atoms with Crippen LogP contribution in [0.3, 0.4) is 0 Å². The third-order valence-corrected chi connectivity index (χ3v) is 7.09. The number of fused-ring (bicyclic) bond motifs is 3. The lowest BCUT2D eigenvalue weighted by Crippen LogP contribution is -2.20. The molecular formula is C19H20N2OS2. The van der Waals surface area contributed by atoms with Crippen LogP contribution in [0.25, 0.3) is 10.2 Å². The molecule has 0 bridgehead atoms. The molecule has 2 heterocycles. The Labute approximate surface area is 149 Å². The minimum absolute atomic E-state index is 0.113. The third kappa shape index (κ3) is 2.70. The zero-order chi connectivity index (χ0) is 16.7. The van der Waals surface area contributed by atoms with Crippen LogP contribution in [0.15, 0.2) is 40.3 Å². The molecule has 3 nitrogen and oxygen atoms in total. The van der Waals surface area contributed by atoms with E-state index >= 15 is 0 Å². The molecule has 0 saturated heterocycles. The molecule has 3 aromatic rings. The van der Waals surface area contributed by atoms with Gasteiger partial charge in [0.15, 0.2) is 5.16 Å². The van der Waals surface area contributed by atoms with E-state index in [0.717, 1.165) is 28.2 Å². The van der Waals surface area contributed by atoms with Crippen molar-refractivity contribution in [1.82, 2.24) is 9.55 Å². The second-order valence-corrected chi connectivity index (χ2v) is 8.71. The zero-order valence-electron chi connectivity index (χ0n) is 13.9. The van der Waals surface area contributed by atoms with Crippen LogP contribution >= 0.6 is 23.1 Å². The van der Waals surface area contributed by atoms with Gasteiger partial charge in [0.05, 0.1) is 5.39 Å². The molecular weight excluding hydrogens is 336 g/mol. The van der Waals surface area contributed by atoms with Gasteiger partial charge in [-0.25, -0.2) is 4.98 Å². The van der Waals surface area contributed by atoms with Crippen molar-refractivity contribution in [3.8, 4) is 0 Å². The first-order valence-electron chi connectivity index (χ1n) is 8.38. The Morgan fingerprint density at radius 2 is 1.96 bits per heavy atom. The summed E-state index contributed by atoms with van der Waals surface area (Å²) in [6.07, 6.45) is 4.54. The lowest BCUT2D eigenvalue weighted by Gasteiger charge is -2.14. The van der Waals surface area contributed by atoms with Gasteiger partial charge in [0.1, 0.15) is 4.83 Å². The van der Waals surface area contributed by atoms with Crippen LogP contribution in [0, 0.1) is 0 Å². The van der Waals surface area contributed by atoms with Crippen LogP contribution < -0.4 is 5.56 Å². The van der Waals surface area contributed by atoms with Crippen molar-refractivity contribution in [3.63, 3.8) is 0 Å². The van der Waals surface area contributed by atoms with Crippen LogP contribution in [0.5, 0.6) is 0 Å². The highest BCUT2D eigenvalue weighted by molar-refractivity contribution is 7.99. The minimum atomic E-state index is 0.113. The molecule has 1 aliphatic rings. The lowest BCUT2D eigenvalue weighted by molar-refractivity contribution is 0.695. The van der Waals surface area contributed by atoms with Crippen LogP contribution in [0.2, 0.25) is 0 Å². The molecule has 4 rings (SSSR count). The van der Waals surface area contributed by atoms with E-state index in [4.69, 9.17) is 4.98 Å². The second kappa shape index (κ2) is 6.37. The quantitative estimate of drug-likeness (QED) is 0.503. The van der Waals surface area contributed by atoms with Crippen LogP contribution in [-0.2, 0) is 19.9 Å². The van der Waals surface area contributed by atoms with Gasteiger partial charge in [-0.2, -0.15) is 0 Å². The van der Waals surface area contributed by atoms with E-state index in [1.807, 2.05) is 13.1 Å². The van der Waals surface area contributed by atoms with E-state index in [1.54, 1.807) is 27.7 Å². The molecule has 0 saturated carbocycles. The smallest absolute Gasteiger partial charge is 0.262 e. The number of hydrogen-bond donors (Lipinski definition) is 0. The standard InChI is InChI=1S/C19H20N2OS2/c1-12(13-8-4-3-5-9-13)23-19-20-17-16(18(22)21(19)2)14-10-6-7-11-15(14)24-17/h3-5,8-9,12H,6-7,10-11H2,1-2H3. The van der Waals surface area contributed by atoms with Gasteiger partial charge in [-0.05, 0) is 43.7 Å². The number of nitrogens with zero attached hydrogens (tertiary/aromatic N) is 2. The largest absolute Gasteiger partial charge is 0.290 e. The first kappa shape index (κ1) is 15.9. The van der Waals surface area contributed by atoms with Crippen molar-refractivity contribution in [1.29, 1.82) is 0 Å². The fourth-order valence-corrected chi connectivity index (χ4v) is 5.63. The van der Waals surface area contributed by atoms with Gasteiger partial charge in [0.25, 0.3) is 5.56 Å². The molecule has 5 heteroatoms. The Morgan fingerprint density at radius 1 is 1.21 bits per heavy atom. The van der Waals surface area contributed by atoms with E-state index in [2.05, 4.69) is 31.2 Å². The predicted molar refractivity (Wildman–Crippen MR) is 102 cm³/mol. The Hall–Kier alpha value is -1.59. The van der Waals surface area contributed by atoms with Gasteiger partial charge in [-0.1, -0.05) is 42.1 Å². The fraction of sp³-hybridized carbons (Fsp3) is 0.368. The molecule has 1 aliphatic carbocycles. The number of rotatable bonds is 3. The average molecular weight is 357 g/mol. The van der Waals surface area contributed by atoms with E-state index in [9.17, 15) is 4.79 Å². The summed E-state index contributed by atoms with van der Waals surface area (Å²) in [5.74, 6) is 0. The van der Waals surface area contributed by atoms with Crippen molar-refractivity contribution in [2.24, 2.45) is 7.05 Å². The summed E-state index contributed by atoms with van der Waals surface area (Å²) in [5, 5.41) is 1.94. The van der Waals surface area contributed by atoms with Crippen LogP contribution in [0.4, 0.5) is 0 Å². The Morgan fingerprint density at radius 3 is 2.75 bits per heavy atom. The van der Waals surface area contributed by atoms with Gasteiger partial charge in [-0.15, -0.1) is 11.3 Å². The number of thiophene rings is 1. The van der Waals surface area contributed by atoms with Crippen molar-refractivity contribution in [2.45, 2.75) is 43.0 Å². The second-order valence-electron chi connectivity index (χ2n) is 6.32.